The molecular formula is C21H20O3. The Labute approximate surface area is 141 Å². The molecule has 3 rings (SSSR count). The normalized spacial score (nSPS) is 14.9. The van der Waals surface area contributed by atoms with Crippen LogP contribution >= 0.6 is 0 Å². The molecule has 0 radical (unpaired) electrons. The van der Waals surface area contributed by atoms with Gasteiger partial charge in [0, 0.05) is 0 Å². The minimum absolute atomic E-state index is 0.0111. The van der Waals surface area contributed by atoms with Crippen molar-refractivity contribution in [3.8, 4) is 5.75 Å². The van der Waals surface area contributed by atoms with Crippen molar-refractivity contribution >= 4 is 23.2 Å². The molecule has 0 atom stereocenters. The average Bonchev–Trinajstić information content (AvgIpc) is 2.81. The second-order valence-corrected chi connectivity index (χ2v) is 6.05. The number of carbonyl (C=O) groups is 1. The van der Waals surface area contributed by atoms with Crippen LogP contribution in [0.4, 0.5) is 0 Å². The molecule has 2 aromatic carbocycles. The molecule has 1 N–H and O–H groups in total. The fraction of sp³-hybridized carbons (Fsp3) is 0.190. The first kappa shape index (κ1) is 16.1. The van der Waals surface area contributed by atoms with Crippen LogP contribution < -0.4 is 4.74 Å². The molecule has 0 saturated heterocycles. The largest absolute Gasteiger partial charge is 0.497 e. The standard InChI is InChI=1S/C21H20O3/c1-13-4-6-15(7-5-13)10-18-14(2)19(12-21(22)23)20-11-16(24-3)8-9-17(18)20/h4-11H,12H2,1-3H3,(H,22,23). The predicted octanol–water partition coefficient (Wildman–Crippen LogP) is 4.81. The maximum absolute atomic E-state index is 11.3. The number of benzene rings is 2. The summed E-state index contributed by atoms with van der Waals surface area (Å²) in [5.41, 5.74) is 7.28. The summed E-state index contributed by atoms with van der Waals surface area (Å²) in [6.07, 6.45) is 2.13. The highest BCUT2D eigenvalue weighted by Crippen LogP contribution is 2.44. The molecule has 1 aliphatic carbocycles. The Balaban J connectivity index is 2.15. The van der Waals surface area contributed by atoms with Gasteiger partial charge in [-0.25, -0.2) is 0 Å². The van der Waals surface area contributed by atoms with Gasteiger partial charge >= 0.3 is 5.97 Å². The Morgan fingerprint density at radius 1 is 1.08 bits per heavy atom. The third-order valence-corrected chi connectivity index (χ3v) is 4.42. The van der Waals surface area contributed by atoms with Crippen molar-refractivity contribution in [3.05, 3.63) is 70.3 Å². The zero-order valence-electron chi connectivity index (χ0n) is 14.1. The van der Waals surface area contributed by atoms with Crippen molar-refractivity contribution in [3.63, 3.8) is 0 Å². The second-order valence-electron chi connectivity index (χ2n) is 6.05. The van der Waals surface area contributed by atoms with Gasteiger partial charge in [0.15, 0.2) is 0 Å². The third-order valence-electron chi connectivity index (χ3n) is 4.42. The summed E-state index contributed by atoms with van der Waals surface area (Å²) in [6.45, 7) is 4.05. The van der Waals surface area contributed by atoms with Gasteiger partial charge in [-0.1, -0.05) is 35.9 Å². The summed E-state index contributed by atoms with van der Waals surface area (Å²) in [5, 5.41) is 9.27. The Morgan fingerprint density at radius 2 is 1.79 bits per heavy atom. The van der Waals surface area contributed by atoms with E-state index in [2.05, 4.69) is 37.3 Å². The van der Waals surface area contributed by atoms with Crippen LogP contribution in [-0.2, 0) is 4.79 Å². The molecule has 0 spiro atoms. The molecule has 122 valence electrons. The lowest BCUT2D eigenvalue weighted by molar-refractivity contribution is -0.135. The number of hydrogen-bond donors (Lipinski definition) is 1. The molecule has 0 unspecified atom stereocenters. The van der Waals surface area contributed by atoms with Crippen molar-refractivity contribution in [1.82, 2.24) is 0 Å². The maximum Gasteiger partial charge on any atom is 0.307 e. The summed E-state index contributed by atoms with van der Waals surface area (Å²) in [5.74, 6) is -0.0873. The SMILES string of the molecule is COc1ccc2c(c1)C(CC(=O)O)=C(C)C2=Cc1ccc(C)cc1. The van der Waals surface area contributed by atoms with E-state index in [1.165, 1.54) is 5.56 Å². The van der Waals surface area contributed by atoms with E-state index in [4.69, 9.17) is 4.74 Å². The molecule has 0 aliphatic heterocycles. The van der Waals surface area contributed by atoms with Crippen LogP contribution in [0.15, 0.2) is 48.0 Å². The molecule has 2 aromatic rings. The zero-order chi connectivity index (χ0) is 17.3. The molecule has 0 heterocycles. The Hall–Kier alpha value is -2.81. The number of rotatable bonds is 4. The van der Waals surface area contributed by atoms with Crippen molar-refractivity contribution in [2.45, 2.75) is 20.3 Å². The highest BCUT2D eigenvalue weighted by molar-refractivity contribution is 6.07. The van der Waals surface area contributed by atoms with Gasteiger partial charge < -0.3 is 9.84 Å². The van der Waals surface area contributed by atoms with Gasteiger partial charge in [0.2, 0.25) is 0 Å². The van der Waals surface area contributed by atoms with Crippen LogP contribution in [0.2, 0.25) is 0 Å². The van der Waals surface area contributed by atoms with Gasteiger partial charge in [0.05, 0.1) is 13.5 Å². The summed E-state index contributed by atoms with van der Waals surface area (Å²) < 4.78 is 5.31. The number of aliphatic carboxylic acids is 1. The van der Waals surface area contributed by atoms with Crippen molar-refractivity contribution in [2.75, 3.05) is 7.11 Å². The van der Waals surface area contributed by atoms with Crippen LogP contribution in [0, 0.1) is 6.92 Å². The number of aryl methyl sites for hydroxylation is 1. The first-order chi connectivity index (χ1) is 11.5. The lowest BCUT2D eigenvalue weighted by Crippen LogP contribution is -1.97. The molecule has 0 fully saturated rings. The Kier molecular flexibility index (Phi) is 4.26. The molecule has 0 bridgehead atoms. The summed E-state index contributed by atoms with van der Waals surface area (Å²) in [4.78, 5) is 11.3. The Bertz CT molecular complexity index is 855. The molecule has 0 saturated carbocycles. The summed E-state index contributed by atoms with van der Waals surface area (Å²) in [6, 6.07) is 14.2. The van der Waals surface area contributed by atoms with Crippen LogP contribution in [0.5, 0.6) is 5.75 Å². The quantitative estimate of drug-likeness (QED) is 0.879. The minimum atomic E-state index is -0.824. The number of fused-ring (bicyclic) bond motifs is 1. The van der Waals surface area contributed by atoms with Crippen LogP contribution in [0.25, 0.3) is 17.2 Å². The molecule has 24 heavy (non-hydrogen) atoms. The van der Waals surface area contributed by atoms with Crippen molar-refractivity contribution in [2.24, 2.45) is 0 Å². The zero-order valence-corrected chi connectivity index (χ0v) is 14.1. The van der Waals surface area contributed by atoms with Gasteiger partial charge in [0.25, 0.3) is 0 Å². The van der Waals surface area contributed by atoms with Gasteiger partial charge in [-0.3, -0.25) is 4.79 Å². The van der Waals surface area contributed by atoms with E-state index < -0.39 is 5.97 Å². The Morgan fingerprint density at radius 3 is 2.42 bits per heavy atom. The molecular weight excluding hydrogens is 300 g/mol. The van der Waals surface area contributed by atoms with Crippen LogP contribution in [0.1, 0.15) is 35.6 Å². The monoisotopic (exact) mass is 320 g/mol. The van der Waals surface area contributed by atoms with Gasteiger partial charge in [-0.2, -0.15) is 0 Å². The summed E-state index contributed by atoms with van der Waals surface area (Å²) in [7, 11) is 1.62. The lowest BCUT2D eigenvalue weighted by Gasteiger charge is -2.07. The topological polar surface area (TPSA) is 46.5 Å². The van der Waals surface area contributed by atoms with Crippen LogP contribution in [-0.4, -0.2) is 18.2 Å². The number of hydrogen-bond acceptors (Lipinski definition) is 2. The van der Waals surface area contributed by atoms with Gasteiger partial charge in [-0.05, 0) is 65.5 Å². The molecule has 1 aliphatic rings. The number of carboxylic acids is 1. The molecule has 3 nitrogen and oxygen atoms in total. The van der Waals surface area contributed by atoms with E-state index in [0.29, 0.717) is 0 Å². The van der Waals surface area contributed by atoms with E-state index in [0.717, 1.165) is 39.2 Å². The number of carboxylic acid groups (broad SMARTS) is 1. The van der Waals surface area contributed by atoms with E-state index in [1.54, 1.807) is 7.11 Å². The van der Waals surface area contributed by atoms with Crippen molar-refractivity contribution in [1.29, 1.82) is 0 Å². The number of allylic oxidation sites excluding steroid dienone is 2. The highest BCUT2D eigenvalue weighted by Gasteiger charge is 2.25. The van der Waals surface area contributed by atoms with Crippen molar-refractivity contribution < 1.29 is 14.6 Å². The fourth-order valence-electron chi connectivity index (χ4n) is 3.10. The first-order valence-corrected chi connectivity index (χ1v) is 7.88. The second kappa shape index (κ2) is 6.36. The molecule has 3 heteroatoms. The first-order valence-electron chi connectivity index (χ1n) is 7.88. The third kappa shape index (κ3) is 2.98. The number of methoxy groups -OCH3 is 1. The fourth-order valence-corrected chi connectivity index (χ4v) is 3.10. The van der Waals surface area contributed by atoms with E-state index in [-0.39, 0.29) is 6.42 Å². The predicted molar refractivity (Wildman–Crippen MR) is 96.9 cm³/mol. The lowest BCUT2D eigenvalue weighted by atomic mass is 10.00. The van der Waals surface area contributed by atoms with E-state index in [1.807, 2.05) is 25.1 Å². The van der Waals surface area contributed by atoms with E-state index >= 15 is 0 Å². The highest BCUT2D eigenvalue weighted by atomic mass is 16.5. The smallest absolute Gasteiger partial charge is 0.307 e. The minimum Gasteiger partial charge on any atom is -0.497 e. The van der Waals surface area contributed by atoms with Gasteiger partial charge in [0.1, 0.15) is 5.75 Å². The maximum atomic E-state index is 11.3. The number of ether oxygens (including phenoxy) is 1. The average molecular weight is 320 g/mol. The van der Waals surface area contributed by atoms with E-state index in [9.17, 15) is 9.90 Å². The summed E-state index contributed by atoms with van der Waals surface area (Å²) >= 11 is 0. The molecule has 0 aromatic heterocycles. The van der Waals surface area contributed by atoms with Gasteiger partial charge in [-0.15, -0.1) is 0 Å². The van der Waals surface area contributed by atoms with Crippen LogP contribution in [0.3, 0.4) is 0 Å². The molecule has 0 amide bonds.